The molecular formula is C11H9N3O2. The van der Waals surface area contributed by atoms with Gasteiger partial charge in [-0.3, -0.25) is 0 Å². The van der Waals surface area contributed by atoms with Crippen molar-refractivity contribution in [1.82, 2.24) is 9.97 Å². The Morgan fingerprint density at radius 3 is 2.62 bits per heavy atom. The van der Waals surface area contributed by atoms with Crippen LogP contribution in [0.1, 0.15) is 11.4 Å². The van der Waals surface area contributed by atoms with Crippen LogP contribution >= 0.6 is 0 Å². The van der Waals surface area contributed by atoms with Gasteiger partial charge in [0.05, 0.1) is 0 Å². The summed E-state index contributed by atoms with van der Waals surface area (Å²) in [7, 11) is 0. The van der Waals surface area contributed by atoms with Crippen molar-refractivity contribution >= 4 is 18.0 Å². The normalized spacial score (nSPS) is 10.8. The average Bonchev–Trinajstić information content (AvgIpc) is 2.76. The second-order valence-corrected chi connectivity index (χ2v) is 3.15. The monoisotopic (exact) mass is 215 g/mol. The molecule has 0 atom stereocenters. The zero-order valence-corrected chi connectivity index (χ0v) is 8.33. The predicted molar refractivity (Wildman–Crippen MR) is 60.6 cm³/mol. The number of nitro groups is 1. The summed E-state index contributed by atoms with van der Waals surface area (Å²) >= 11 is 0. The van der Waals surface area contributed by atoms with Gasteiger partial charge < -0.3 is 10.1 Å². The third kappa shape index (κ3) is 2.33. The topological polar surface area (TPSA) is 71.8 Å². The Morgan fingerprint density at radius 2 is 2.00 bits per heavy atom. The average molecular weight is 215 g/mol. The summed E-state index contributed by atoms with van der Waals surface area (Å²) in [4.78, 5) is 16.3. The van der Waals surface area contributed by atoms with Crippen LogP contribution in [0, 0.1) is 10.1 Å². The fraction of sp³-hybridized carbons (Fsp3) is 0. The van der Waals surface area contributed by atoms with E-state index in [1.54, 1.807) is 6.08 Å². The predicted octanol–water partition coefficient (Wildman–Crippen LogP) is 2.49. The highest BCUT2D eigenvalue weighted by atomic mass is 16.6. The Morgan fingerprint density at radius 1 is 1.25 bits per heavy atom. The molecule has 1 aromatic heterocycles. The lowest BCUT2D eigenvalue weighted by atomic mass is 10.2. The Labute approximate surface area is 91.6 Å². The number of nitrogens with one attached hydrogen (secondary N) is 1. The molecular weight excluding hydrogens is 206 g/mol. The summed E-state index contributed by atoms with van der Waals surface area (Å²) < 4.78 is 0. The van der Waals surface area contributed by atoms with Gasteiger partial charge in [0.15, 0.2) is 0 Å². The van der Waals surface area contributed by atoms with E-state index in [0.29, 0.717) is 5.82 Å². The SMILES string of the molecule is O=[N+]([O-])c1cnc(C=Cc2ccccc2)[nH]1. The van der Waals surface area contributed by atoms with Crippen LogP contribution in [0.25, 0.3) is 12.2 Å². The number of aromatic amines is 1. The number of aromatic nitrogens is 2. The molecule has 1 N–H and O–H groups in total. The molecule has 1 heterocycles. The van der Waals surface area contributed by atoms with Gasteiger partial charge in [-0.15, -0.1) is 0 Å². The lowest BCUT2D eigenvalue weighted by molar-refractivity contribution is -0.389. The van der Waals surface area contributed by atoms with Crippen molar-refractivity contribution in [3.05, 3.63) is 58.0 Å². The maximum atomic E-state index is 10.4. The Hall–Kier alpha value is -2.43. The van der Waals surface area contributed by atoms with Crippen molar-refractivity contribution in [3.8, 4) is 0 Å². The fourth-order valence-corrected chi connectivity index (χ4v) is 1.24. The number of benzene rings is 1. The summed E-state index contributed by atoms with van der Waals surface area (Å²) in [6, 6.07) is 9.64. The summed E-state index contributed by atoms with van der Waals surface area (Å²) in [6.07, 6.45) is 4.73. The lowest BCUT2D eigenvalue weighted by Crippen LogP contribution is -1.86. The second-order valence-electron chi connectivity index (χ2n) is 3.15. The first-order valence-electron chi connectivity index (χ1n) is 4.68. The van der Waals surface area contributed by atoms with Gasteiger partial charge in [0.1, 0.15) is 6.20 Å². The molecule has 2 aromatic rings. The van der Waals surface area contributed by atoms with Crippen LogP contribution < -0.4 is 0 Å². The first-order chi connectivity index (χ1) is 7.75. The van der Waals surface area contributed by atoms with Gasteiger partial charge in [-0.1, -0.05) is 30.3 Å². The molecule has 1 aromatic carbocycles. The minimum absolute atomic E-state index is 0.104. The molecule has 0 aliphatic carbocycles. The molecule has 0 aliphatic rings. The van der Waals surface area contributed by atoms with E-state index in [0.717, 1.165) is 5.56 Å². The second kappa shape index (κ2) is 4.39. The fourth-order valence-electron chi connectivity index (χ4n) is 1.24. The van der Waals surface area contributed by atoms with E-state index in [-0.39, 0.29) is 5.82 Å². The Balaban J connectivity index is 2.15. The molecule has 0 bridgehead atoms. The van der Waals surface area contributed by atoms with E-state index >= 15 is 0 Å². The molecule has 5 heteroatoms. The number of nitrogens with zero attached hydrogens (tertiary/aromatic N) is 2. The number of imidazole rings is 1. The summed E-state index contributed by atoms with van der Waals surface area (Å²) in [5.41, 5.74) is 1.02. The van der Waals surface area contributed by atoms with E-state index < -0.39 is 4.92 Å². The maximum Gasteiger partial charge on any atom is 0.340 e. The first kappa shape index (κ1) is 10.1. The summed E-state index contributed by atoms with van der Waals surface area (Å²) in [6.45, 7) is 0. The van der Waals surface area contributed by atoms with Crippen LogP contribution in [-0.2, 0) is 0 Å². The smallest absolute Gasteiger partial charge is 0.340 e. The summed E-state index contributed by atoms with van der Waals surface area (Å²) in [5.74, 6) is 0.364. The molecule has 5 nitrogen and oxygen atoms in total. The van der Waals surface area contributed by atoms with E-state index in [4.69, 9.17) is 0 Å². The van der Waals surface area contributed by atoms with Gasteiger partial charge >= 0.3 is 5.82 Å². The van der Waals surface area contributed by atoms with Crippen molar-refractivity contribution in [1.29, 1.82) is 0 Å². The molecule has 80 valence electrons. The molecule has 0 saturated heterocycles. The lowest BCUT2D eigenvalue weighted by Gasteiger charge is -1.88. The molecule has 0 unspecified atom stereocenters. The molecule has 0 spiro atoms. The quantitative estimate of drug-likeness (QED) is 0.631. The highest BCUT2D eigenvalue weighted by Crippen LogP contribution is 2.09. The van der Waals surface area contributed by atoms with E-state index in [9.17, 15) is 10.1 Å². The van der Waals surface area contributed by atoms with Gasteiger partial charge in [0.25, 0.3) is 0 Å². The molecule has 16 heavy (non-hydrogen) atoms. The Bertz CT molecular complexity index is 517. The number of rotatable bonds is 3. The largest absolute Gasteiger partial charge is 0.358 e. The van der Waals surface area contributed by atoms with Crippen molar-refractivity contribution in [2.24, 2.45) is 0 Å². The van der Waals surface area contributed by atoms with Gasteiger partial charge in [-0.25, -0.2) is 9.97 Å². The minimum atomic E-state index is -0.507. The van der Waals surface area contributed by atoms with Crippen LogP contribution in [0.4, 0.5) is 5.82 Å². The zero-order chi connectivity index (χ0) is 11.4. The van der Waals surface area contributed by atoms with Crippen molar-refractivity contribution < 1.29 is 4.92 Å². The van der Waals surface area contributed by atoms with Crippen LogP contribution in [-0.4, -0.2) is 14.9 Å². The molecule has 0 saturated carbocycles. The highest BCUT2D eigenvalue weighted by Gasteiger charge is 2.06. The molecule has 0 aliphatic heterocycles. The zero-order valence-electron chi connectivity index (χ0n) is 8.33. The molecule has 0 radical (unpaired) electrons. The van der Waals surface area contributed by atoms with Crippen LogP contribution in [0.2, 0.25) is 0 Å². The van der Waals surface area contributed by atoms with Gasteiger partial charge in [0, 0.05) is 6.08 Å². The summed E-state index contributed by atoms with van der Waals surface area (Å²) in [5, 5.41) is 10.4. The van der Waals surface area contributed by atoms with Crippen LogP contribution in [0.5, 0.6) is 0 Å². The number of H-pyrrole nitrogens is 1. The third-order valence-electron chi connectivity index (χ3n) is 2.01. The van der Waals surface area contributed by atoms with Crippen molar-refractivity contribution in [2.45, 2.75) is 0 Å². The standard InChI is InChI=1S/C11H9N3O2/c15-14(16)11-8-12-10(13-11)7-6-9-4-2-1-3-5-9/h1-8H,(H,12,13). The van der Waals surface area contributed by atoms with Gasteiger partial charge in [-0.2, -0.15) is 0 Å². The molecule has 0 amide bonds. The van der Waals surface area contributed by atoms with E-state index in [2.05, 4.69) is 9.97 Å². The van der Waals surface area contributed by atoms with E-state index in [1.165, 1.54) is 6.20 Å². The maximum absolute atomic E-state index is 10.4. The van der Waals surface area contributed by atoms with Gasteiger partial charge in [-0.05, 0) is 16.6 Å². The molecule has 0 fully saturated rings. The first-order valence-corrected chi connectivity index (χ1v) is 4.68. The van der Waals surface area contributed by atoms with Crippen LogP contribution in [0.3, 0.4) is 0 Å². The van der Waals surface area contributed by atoms with Gasteiger partial charge in [0.2, 0.25) is 5.82 Å². The number of hydrogen-bond acceptors (Lipinski definition) is 3. The third-order valence-corrected chi connectivity index (χ3v) is 2.01. The van der Waals surface area contributed by atoms with Crippen LogP contribution in [0.15, 0.2) is 36.5 Å². The molecule has 2 rings (SSSR count). The van der Waals surface area contributed by atoms with E-state index in [1.807, 2.05) is 36.4 Å². The minimum Gasteiger partial charge on any atom is -0.358 e. The van der Waals surface area contributed by atoms with Crippen molar-refractivity contribution in [3.63, 3.8) is 0 Å². The highest BCUT2D eigenvalue weighted by molar-refractivity contribution is 5.66. The van der Waals surface area contributed by atoms with Crippen molar-refractivity contribution in [2.75, 3.05) is 0 Å². The number of hydrogen-bond donors (Lipinski definition) is 1. The Kier molecular flexibility index (Phi) is 2.77.